The van der Waals surface area contributed by atoms with Gasteiger partial charge in [-0.25, -0.2) is 0 Å². The maximum absolute atomic E-state index is 12.2. The fourth-order valence-corrected chi connectivity index (χ4v) is 2.87. The molecule has 0 aliphatic heterocycles. The van der Waals surface area contributed by atoms with E-state index in [9.17, 15) is 4.79 Å². The van der Waals surface area contributed by atoms with Crippen LogP contribution in [-0.4, -0.2) is 11.9 Å². The van der Waals surface area contributed by atoms with E-state index < -0.39 is 6.10 Å². The Morgan fingerprint density at radius 1 is 1.35 bits per heavy atom. The number of hydrogen-bond donors (Lipinski definition) is 0. The average Bonchev–Trinajstić information content (AvgIpc) is 2.84. The molecule has 2 aromatic rings. The Kier molecular flexibility index (Phi) is 4.66. The molecule has 0 aliphatic rings. The van der Waals surface area contributed by atoms with Crippen molar-refractivity contribution >= 4 is 40.3 Å². The molecule has 0 bridgehead atoms. The van der Waals surface area contributed by atoms with Crippen LogP contribution < -0.4 is 4.74 Å². The lowest BCUT2D eigenvalue weighted by Crippen LogP contribution is -2.23. The predicted octanol–water partition coefficient (Wildman–Crippen LogP) is 4.58. The first-order chi connectivity index (χ1) is 9.52. The van der Waals surface area contributed by atoms with Gasteiger partial charge in [0.05, 0.1) is 14.2 Å². The number of Topliss-reactive ketones (excluding diaryl/α,β-unsaturated/α-hetero) is 1. The molecular formula is C14H9Cl2NO2S. The van der Waals surface area contributed by atoms with Crippen molar-refractivity contribution in [3.05, 3.63) is 50.1 Å². The lowest BCUT2D eigenvalue weighted by molar-refractivity contribution is 0.0822. The third kappa shape index (κ3) is 3.13. The zero-order chi connectivity index (χ0) is 14.7. The number of thiophene rings is 1. The van der Waals surface area contributed by atoms with E-state index in [-0.39, 0.29) is 11.3 Å². The minimum absolute atomic E-state index is 0.189. The molecule has 1 heterocycles. The number of ether oxygens (including phenoxy) is 1. The quantitative estimate of drug-likeness (QED) is 0.773. The Morgan fingerprint density at radius 2 is 2.10 bits per heavy atom. The summed E-state index contributed by atoms with van der Waals surface area (Å²) < 4.78 is 6.09. The van der Waals surface area contributed by atoms with Crippen LogP contribution in [0.25, 0.3) is 0 Å². The van der Waals surface area contributed by atoms with E-state index in [1.807, 2.05) is 6.07 Å². The molecular weight excluding hydrogens is 317 g/mol. The fraction of sp³-hybridized carbons (Fsp3) is 0.143. The summed E-state index contributed by atoms with van der Waals surface area (Å²) in [6.07, 6.45) is -0.727. The van der Waals surface area contributed by atoms with Crippen LogP contribution in [0.1, 0.15) is 22.2 Å². The molecule has 1 atom stereocenters. The number of nitriles is 1. The zero-order valence-corrected chi connectivity index (χ0v) is 12.7. The maximum Gasteiger partial charge on any atom is 0.212 e. The Morgan fingerprint density at radius 3 is 2.70 bits per heavy atom. The van der Waals surface area contributed by atoms with E-state index in [1.54, 1.807) is 37.3 Å². The van der Waals surface area contributed by atoms with Gasteiger partial charge in [-0.15, -0.1) is 11.3 Å². The number of hydrogen-bond acceptors (Lipinski definition) is 4. The highest BCUT2D eigenvalue weighted by atomic mass is 35.5. The highest BCUT2D eigenvalue weighted by Gasteiger charge is 2.20. The van der Waals surface area contributed by atoms with Crippen LogP contribution in [0.5, 0.6) is 5.75 Å². The van der Waals surface area contributed by atoms with Gasteiger partial charge in [0, 0.05) is 0 Å². The summed E-state index contributed by atoms with van der Waals surface area (Å²) in [4.78, 5) is 12.7. The first-order valence-electron chi connectivity index (χ1n) is 5.67. The van der Waals surface area contributed by atoms with Gasteiger partial charge in [-0.3, -0.25) is 4.79 Å². The number of rotatable bonds is 4. The molecule has 20 heavy (non-hydrogen) atoms. The van der Waals surface area contributed by atoms with Crippen LogP contribution in [0.4, 0.5) is 0 Å². The van der Waals surface area contributed by atoms with Crippen molar-refractivity contribution in [1.29, 1.82) is 5.26 Å². The van der Waals surface area contributed by atoms with Crippen molar-refractivity contribution in [3.63, 3.8) is 0 Å². The summed E-state index contributed by atoms with van der Waals surface area (Å²) >= 11 is 12.9. The first-order valence-corrected chi connectivity index (χ1v) is 7.25. The van der Waals surface area contributed by atoms with Gasteiger partial charge in [0.2, 0.25) is 5.78 Å². The van der Waals surface area contributed by atoms with Crippen LogP contribution in [0.2, 0.25) is 9.36 Å². The van der Waals surface area contributed by atoms with E-state index in [0.29, 0.717) is 20.0 Å². The maximum atomic E-state index is 12.2. The van der Waals surface area contributed by atoms with Crippen LogP contribution in [0, 0.1) is 11.3 Å². The first kappa shape index (κ1) is 14.9. The van der Waals surface area contributed by atoms with Gasteiger partial charge in [-0.05, 0) is 31.2 Å². The highest BCUT2D eigenvalue weighted by molar-refractivity contribution is 7.18. The molecule has 0 fully saturated rings. The molecule has 0 spiro atoms. The van der Waals surface area contributed by atoms with E-state index in [1.165, 1.54) is 11.3 Å². The van der Waals surface area contributed by atoms with Gasteiger partial charge < -0.3 is 4.74 Å². The third-order valence-corrected chi connectivity index (χ3v) is 4.14. The van der Waals surface area contributed by atoms with Crippen molar-refractivity contribution in [2.75, 3.05) is 0 Å². The number of nitrogens with zero attached hydrogens (tertiary/aromatic N) is 1. The molecule has 102 valence electrons. The van der Waals surface area contributed by atoms with E-state index >= 15 is 0 Å². The Bertz CT molecular complexity index is 691. The van der Waals surface area contributed by atoms with Gasteiger partial charge in [0.1, 0.15) is 17.4 Å². The molecule has 1 aromatic heterocycles. The largest absolute Gasteiger partial charge is 0.481 e. The zero-order valence-electron chi connectivity index (χ0n) is 10.4. The molecule has 1 aromatic carbocycles. The Balaban J connectivity index is 2.20. The van der Waals surface area contributed by atoms with Crippen LogP contribution in [-0.2, 0) is 0 Å². The Hall–Kier alpha value is -1.54. The van der Waals surface area contributed by atoms with Crippen molar-refractivity contribution in [2.24, 2.45) is 0 Å². The van der Waals surface area contributed by atoms with Gasteiger partial charge in [-0.1, -0.05) is 29.3 Å². The second-order valence-electron chi connectivity index (χ2n) is 3.95. The summed E-state index contributed by atoms with van der Waals surface area (Å²) in [5, 5.41) is 9.35. The number of carbonyl (C=O) groups is 1. The molecule has 2 rings (SSSR count). The molecule has 6 heteroatoms. The summed E-state index contributed by atoms with van der Waals surface area (Å²) in [6.45, 7) is 1.62. The molecule has 0 aliphatic carbocycles. The SMILES string of the molecule is CC(Oc1cccc(Cl)c1C#N)C(=O)c1ccc(Cl)s1. The minimum Gasteiger partial charge on any atom is -0.481 e. The van der Waals surface area contributed by atoms with E-state index in [4.69, 9.17) is 33.2 Å². The Labute approximate surface area is 130 Å². The number of halogens is 2. The molecule has 0 saturated carbocycles. The van der Waals surface area contributed by atoms with Gasteiger partial charge in [0.25, 0.3) is 0 Å². The molecule has 0 saturated heterocycles. The molecule has 0 amide bonds. The lowest BCUT2D eigenvalue weighted by Gasteiger charge is -2.14. The van der Waals surface area contributed by atoms with Gasteiger partial charge >= 0.3 is 0 Å². The van der Waals surface area contributed by atoms with Crippen LogP contribution in [0.15, 0.2) is 30.3 Å². The smallest absolute Gasteiger partial charge is 0.212 e. The average molecular weight is 326 g/mol. The van der Waals surface area contributed by atoms with Crippen LogP contribution >= 0.6 is 34.5 Å². The minimum atomic E-state index is -0.727. The fourth-order valence-electron chi connectivity index (χ4n) is 1.60. The third-order valence-electron chi connectivity index (χ3n) is 2.58. The molecule has 3 nitrogen and oxygen atoms in total. The van der Waals surface area contributed by atoms with Crippen molar-refractivity contribution in [1.82, 2.24) is 0 Å². The summed E-state index contributed by atoms with van der Waals surface area (Å²) in [5.74, 6) is 0.106. The number of carbonyl (C=O) groups excluding carboxylic acids is 1. The highest BCUT2D eigenvalue weighted by Crippen LogP contribution is 2.28. The summed E-state index contributed by atoms with van der Waals surface area (Å²) in [5.41, 5.74) is 0.220. The van der Waals surface area contributed by atoms with Gasteiger partial charge in [0.15, 0.2) is 6.10 Å². The van der Waals surface area contributed by atoms with Crippen molar-refractivity contribution in [2.45, 2.75) is 13.0 Å². The van der Waals surface area contributed by atoms with E-state index in [2.05, 4.69) is 0 Å². The lowest BCUT2D eigenvalue weighted by atomic mass is 10.2. The van der Waals surface area contributed by atoms with E-state index in [0.717, 1.165) is 0 Å². The second-order valence-corrected chi connectivity index (χ2v) is 6.08. The second kappa shape index (κ2) is 6.27. The number of ketones is 1. The number of benzene rings is 1. The van der Waals surface area contributed by atoms with Gasteiger partial charge in [-0.2, -0.15) is 5.26 Å². The standard InChI is InChI=1S/C14H9Cl2NO2S/c1-8(14(18)12-5-6-13(16)20-12)19-11-4-2-3-10(15)9(11)7-17/h2-6,8H,1H3. The van der Waals surface area contributed by atoms with Crippen LogP contribution in [0.3, 0.4) is 0 Å². The topological polar surface area (TPSA) is 50.1 Å². The molecule has 1 unspecified atom stereocenters. The van der Waals surface area contributed by atoms with Crippen molar-refractivity contribution < 1.29 is 9.53 Å². The van der Waals surface area contributed by atoms with Crippen molar-refractivity contribution in [3.8, 4) is 11.8 Å². The summed E-state index contributed by atoms with van der Waals surface area (Å²) in [6, 6.07) is 10.1. The monoisotopic (exact) mass is 325 g/mol. The normalized spacial score (nSPS) is 11.7. The molecule has 0 N–H and O–H groups in total. The summed E-state index contributed by atoms with van der Waals surface area (Å²) in [7, 11) is 0. The predicted molar refractivity (Wildman–Crippen MR) is 79.9 cm³/mol. The molecule has 0 radical (unpaired) electrons.